The minimum absolute atomic E-state index is 0.000919. The summed E-state index contributed by atoms with van der Waals surface area (Å²) in [6.45, 7) is 6.86. The van der Waals surface area contributed by atoms with Gasteiger partial charge in [0.1, 0.15) is 5.76 Å². The second-order valence-electron chi connectivity index (χ2n) is 7.55. The molecule has 3 N–H and O–H groups in total. The van der Waals surface area contributed by atoms with Gasteiger partial charge in [0.05, 0.1) is 19.3 Å². The largest absolute Gasteiger partial charge is 0.443 e. The zero-order valence-electron chi connectivity index (χ0n) is 15.8. The van der Waals surface area contributed by atoms with Gasteiger partial charge in [0, 0.05) is 18.5 Å². The van der Waals surface area contributed by atoms with Crippen molar-refractivity contribution < 1.29 is 9.21 Å². The summed E-state index contributed by atoms with van der Waals surface area (Å²) in [7, 11) is 1.67. The molecule has 0 spiro atoms. The maximum atomic E-state index is 12.0. The molecule has 0 saturated heterocycles. The molecule has 1 amide bonds. The summed E-state index contributed by atoms with van der Waals surface area (Å²) in [4.78, 5) is 20.4. The van der Waals surface area contributed by atoms with Gasteiger partial charge in [-0.25, -0.2) is 4.98 Å². The fourth-order valence-electron chi connectivity index (χ4n) is 2.81. The van der Waals surface area contributed by atoms with Crippen molar-refractivity contribution in [2.75, 3.05) is 13.6 Å². The number of carbonyl (C=O) groups is 1. The normalized spacial score (nSPS) is 16.6. The molecule has 25 heavy (non-hydrogen) atoms. The number of nitrogens with zero attached hydrogens (tertiary/aromatic N) is 2. The SMILES string of the molecule is CN=C(NCC(=O)NC1CCCCC1)NCc1ncc(C(C)(C)C)o1. The topological polar surface area (TPSA) is 91.5 Å². The monoisotopic (exact) mass is 349 g/mol. The third kappa shape index (κ3) is 6.40. The average molecular weight is 349 g/mol. The Balaban J connectivity index is 1.73. The van der Waals surface area contributed by atoms with Gasteiger partial charge in [0.15, 0.2) is 5.96 Å². The molecule has 0 unspecified atom stereocenters. The minimum Gasteiger partial charge on any atom is -0.443 e. The molecule has 1 heterocycles. The van der Waals surface area contributed by atoms with Gasteiger partial charge in [-0.15, -0.1) is 0 Å². The number of amides is 1. The van der Waals surface area contributed by atoms with Gasteiger partial charge >= 0.3 is 0 Å². The van der Waals surface area contributed by atoms with E-state index in [-0.39, 0.29) is 17.9 Å². The Kier molecular flexibility index (Phi) is 6.84. The molecule has 7 nitrogen and oxygen atoms in total. The third-order valence-electron chi connectivity index (χ3n) is 4.31. The summed E-state index contributed by atoms with van der Waals surface area (Å²) < 4.78 is 5.73. The quantitative estimate of drug-likeness (QED) is 0.559. The zero-order valence-corrected chi connectivity index (χ0v) is 15.8. The number of aliphatic imine (C=N–C) groups is 1. The lowest BCUT2D eigenvalue weighted by atomic mass is 9.94. The van der Waals surface area contributed by atoms with Crippen LogP contribution < -0.4 is 16.0 Å². The highest BCUT2D eigenvalue weighted by Gasteiger charge is 2.19. The Morgan fingerprint density at radius 2 is 2.00 bits per heavy atom. The van der Waals surface area contributed by atoms with Crippen LogP contribution in [-0.2, 0) is 16.8 Å². The van der Waals surface area contributed by atoms with E-state index in [4.69, 9.17) is 4.42 Å². The molecule has 2 rings (SSSR count). The summed E-state index contributed by atoms with van der Waals surface area (Å²) in [5.74, 6) is 1.99. The van der Waals surface area contributed by atoms with Crippen LogP contribution >= 0.6 is 0 Å². The summed E-state index contributed by atoms with van der Waals surface area (Å²) in [6.07, 6.45) is 7.60. The molecule has 140 valence electrons. The highest BCUT2D eigenvalue weighted by Crippen LogP contribution is 2.22. The summed E-state index contributed by atoms with van der Waals surface area (Å²) in [6, 6.07) is 0.321. The van der Waals surface area contributed by atoms with Gasteiger partial charge in [-0.2, -0.15) is 0 Å². The van der Waals surface area contributed by atoms with Crippen LogP contribution in [0.4, 0.5) is 0 Å². The molecule has 1 fully saturated rings. The smallest absolute Gasteiger partial charge is 0.239 e. The van der Waals surface area contributed by atoms with Crippen molar-refractivity contribution in [2.45, 2.75) is 70.9 Å². The Bertz CT molecular complexity index is 583. The van der Waals surface area contributed by atoms with E-state index in [1.165, 1.54) is 19.3 Å². The highest BCUT2D eigenvalue weighted by atomic mass is 16.4. The number of hydrogen-bond acceptors (Lipinski definition) is 4. The molecule has 1 aromatic heterocycles. The Morgan fingerprint density at radius 1 is 1.28 bits per heavy atom. The van der Waals surface area contributed by atoms with E-state index >= 15 is 0 Å². The van der Waals surface area contributed by atoms with Crippen molar-refractivity contribution in [3.63, 3.8) is 0 Å². The van der Waals surface area contributed by atoms with E-state index in [9.17, 15) is 4.79 Å². The molecule has 1 aliphatic rings. The Morgan fingerprint density at radius 3 is 2.60 bits per heavy atom. The average Bonchev–Trinajstić information content (AvgIpc) is 3.05. The van der Waals surface area contributed by atoms with Gasteiger partial charge < -0.3 is 20.4 Å². The van der Waals surface area contributed by atoms with Crippen LogP contribution in [0.25, 0.3) is 0 Å². The van der Waals surface area contributed by atoms with Crippen LogP contribution in [0.5, 0.6) is 0 Å². The fraction of sp³-hybridized carbons (Fsp3) is 0.722. The van der Waals surface area contributed by atoms with Crippen molar-refractivity contribution in [2.24, 2.45) is 4.99 Å². The van der Waals surface area contributed by atoms with E-state index in [1.54, 1.807) is 13.2 Å². The highest BCUT2D eigenvalue weighted by molar-refractivity contribution is 5.86. The molecule has 0 radical (unpaired) electrons. The van der Waals surface area contributed by atoms with Crippen molar-refractivity contribution in [1.29, 1.82) is 0 Å². The predicted molar refractivity (Wildman–Crippen MR) is 98.4 cm³/mol. The lowest BCUT2D eigenvalue weighted by molar-refractivity contribution is -0.120. The maximum Gasteiger partial charge on any atom is 0.239 e. The maximum absolute atomic E-state index is 12.0. The molecule has 1 aromatic rings. The van der Waals surface area contributed by atoms with Crippen molar-refractivity contribution in [3.8, 4) is 0 Å². The first kappa shape index (κ1) is 19.3. The molecular formula is C18H31N5O2. The zero-order chi connectivity index (χ0) is 18.3. The number of rotatable bonds is 5. The second kappa shape index (κ2) is 8.87. The van der Waals surface area contributed by atoms with Crippen LogP contribution in [0.2, 0.25) is 0 Å². The predicted octanol–water partition coefficient (Wildman–Crippen LogP) is 2.09. The Labute approximate surface area is 150 Å². The standard InChI is InChI=1S/C18H31N5O2/c1-18(2,3)14-10-20-16(25-14)12-22-17(19-4)21-11-15(24)23-13-8-6-5-7-9-13/h10,13H,5-9,11-12H2,1-4H3,(H,23,24)(H2,19,21,22). The molecule has 1 aliphatic carbocycles. The lowest BCUT2D eigenvalue weighted by Crippen LogP contribution is -2.45. The molecule has 0 atom stereocenters. The third-order valence-corrected chi connectivity index (χ3v) is 4.31. The van der Waals surface area contributed by atoms with Crippen LogP contribution in [0, 0.1) is 0 Å². The van der Waals surface area contributed by atoms with Crippen molar-refractivity contribution in [1.82, 2.24) is 20.9 Å². The molecule has 0 bridgehead atoms. The van der Waals surface area contributed by atoms with Crippen molar-refractivity contribution in [3.05, 3.63) is 17.8 Å². The molecule has 1 saturated carbocycles. The first-order valence-corrected chi connectivity index (χ1v) is 9.07. The van der Waals surface area contributed by atoms with Gasteiger partial charge in [-0.1, -0.05) is 40.0 Å². The molecule has 7 heteroatoms. The van der Waals surface area contributed by atoms with Crippen LogP contribution in [0.3, 0.4) is 0 Å². The molecule has 0 aliphatic heterocycles. The lowest BCUT2D eigenvalue weighted by Gasteiger charge is -2.23. The molecular weight excluding hydrogens is 318 g/mol. The number of guanidine groups is 1. The number of aromatic nitrogens is 1. The first-order valence-electron chi connectivity index (χ1n) is 9.07. The van der Waals surface area contributed by atoms with Gasteiger partial charge in [0.2, 0.25) is 11.8 Å². The van der Waals surface area contributed by atoms with Gasteiger partial charge in [-0.05, 0) is 12.8 Å². The van der Waals surface area contributed by atoms with Gasteiger partial charge in [0.25, 0.3) is 0 Å². The molecule has 0 aromatic carbocycles. The van der Waals surface area contributed by atoms with E-state index < -0.39 is 0 Å². The summed E-state index contributed by atoms with van der Waals surface area (Å²) >= 11 is 0. The first-order chi connectivity index (χ1) is 11.9. The van der Waals surface area contributed by atoms with Crippen LogP contribution in [0.15, 0.2) is 15.6 Å². The van der Waals surface area contributed by atoms with E-state index in [2.05, 4.69) is 46.7 Å². The second-order valence-corrected chi connectivity index (χ2v) is 7.55. The summed E-state index contributed by atoms with van der Waals surface area (Å²) in [5.41, 5.74) is -0.0671. The van der Waals surface area contributed by atoms with Crippen molar-refractivity contribution >= 4 is 11.9 Å². The van der Waals surface area contributed by atoms with Crippen LogP contribution in [-0.4, -0.2) is 36.5 Å². The van der Waals surface area contributed by atoms with Gasteiger partial charge in [-0.3, -0.25) is 9.79 Å². The van der Waals surface area contributed by atoms with E-state index in [1.807, 2.05) is 0 Å². The van der Waals surface area contributed by atoms with Crippen LogP contribution in [0.1, 0.15) is 64.5 Å². The number of hydrogen-bond donors (Lipinski definition) is 3. The number of carbonyl (C=O) groups excluding carboxylic acids is 1. The number of nitrogens with one attached hydrogen (secondary N) is 3. The fourth-order valence-corrected chi connectivity index (χ4v) is 2.81. The minimum atomic E-state index is -0.0671. The van der Waals surface area contributed by atoms with E-state index in [0.717, 1.165) is 18.6 Å². The summed E-state index contributed by atoms with van der Waals surface area (Å²) in [5, 5.41) is 9.21. The number of oxazole rings is 1. The van der Waals surface area contributed by atoms with E-state index in [0.29, 0.717) is 24.4 Å². The Hall–Kier alpha value is -2.05.